The van der Waals surface area contributed by atoms with E-state index in [4.69, 9.17) is 11.5 Å². The van der Waals surface area contributed by atoms with E-state index in [1.54, 1.807) is 0 Å². The Bertz CT molecular complexity index is 1430. The molecule has 3 nitrogen and oxygen atoms in total. The second-order valence-electron chi connectivity index (χ2n) is 8.64. The van der Waals surface area contributed by atoms with Crippen LogP contribution in [-0.2, 0) is 6.54 Å². The lowest BCUT2D eigenvalue weighted by Gasteiger charge is -2.25. The van der Waals surface area contributed by atoms with E-state index >= 15 is 0 Å². The van der Waals surface area contributed by atoms with Gasteiger partial charge < -0.3 is 16.4 Å². The van der Waals surface area contributed by atoms with Gasteiger partial charge in [-0.15, -0.1) is 0 Å². The van der Waals surface area contributed by atoms with Crippen molar-refractivity contribution in [2.24, 2.45) is 5.73 Å². The minimum atomic E-state index is 0.472. The van der Waals surface area contributed by atoms with E-state index < -0.39 is 0 Å². The van der Waals surface area contributed by atoms with Gasteiger partial charge in [0.25, 0.3) is 0 Å². The highest BCUT2D eigenvalue weighted by atomic mass is 15.1. The molecule has 0 amide bonds. The fourth-order valence-electron chi connectivity index (χ4n) is 4.26. The molecule has 37 heavy (non-hydrogen) atoms. The summed E-state index contributed by atoms with van der Waals surface area (Å²) in [6.45, 7) is 7.04. The summed E-state index contributed by atoms with van der Waals surface area (Å²) >= 11 is 0. The van der Waals surface area contributed by atoms with Crippen molar-refractivity contribution >= 4 is 22.6 Å². The summed E-state index contributed by atoms with van der Waals surface area (Å²) in [4.78, 5) is 2.13. The molecule has 4 aromatic rings. The molecule has 4 aromatic carbocycles. The molecule has 4 N–H and O–H groups in total. The van der Waals surface area contributed by atoms with Gasteiger partial charge in [0.2, 0.25) is 0 Å². The number of allylic oxidation sites excluding steroid dienone is 5. The first-order valence-electron chi connectivity index (χ1n) is 12.4. The monoisotopic (exact) mass is 483 g/mol. The summed E-state index contributed by atoms with van der Waals surface area (Å²) in [5.74, 6) is 0. The third-order valence-electron chi connectivity index (χ3n) is 6.21. The van der Waals surface area contributed by atoms with Crippen molar-refractivity contribution in [3.8, 4) is 11.1 Å². The van der Waals surface area contributed by atoms with Crippen LogP contribution < -0.4 is 16.4 Å². The van der Waals surface area contributed by atoms with Crippen LogP contribution in [0.25, 0.3) is 22.4 Å². The lowest BCUT2D eigenvalue weighted by Crippen LogP contribution is -2.14. The fraction of sp³-hybridized carbons (Fsp3) is 0.0588. The second kappa shape index (κ2) is 12.4. The molecule has 0 unspecified atom stereocenters. The van der Waals surface area contributed by atoms with Gasteiger partial charge in [-0.25, -0.2) is 0 Å². The first kappa shape index (κ1) is 25.5. The highest BCUT2D eigenvalue weighted by Gasteiger charge is 2.16. The first-order valence-corrected chi connectivity index (χ1v) is 12.4. The zero-order valence-electron chi connectivity index (χ0n) is 21.2. The van der Waals surface area contributed by atoms with E-state index in [-0.39, 0.29) is 0 Å². The van der Waals surface area contributed by atoms with Crippen LogP contribution in [0.2, 0.25) is 0 Å². The van der Waals surface area contributed by atoms with Crippen LogP contribution in [0, 0.1) is 0 Å². The molecule has 0 aromatic heterocycles. The number of rotatable bonds is 9. The van der Waals surface area contributed by atoms with Gasteiger partial charge in [0.15, 0.2) is 0 Å². The van der Waals surface area contributed by atoms with Crippen molar-refractivity contribution in [3.05, 3.63) is 157 Å². The topological polar surface area (TPSA) is 55.3 Å². The Labute approximate surface area is 220 Å². The average Bonchev–Trinajstić information content (AvgIpc) is 2.95. The van der Waals surface area contributed by atoms with Gasteiger partial charge in [0, 0.05) is 35.4 Å². The summed E-state index contributed by atoms with van der Waals surface area (Å²) in [6.07, 6.45) is 10.3. The zero-order valence-corrected chi connectivity index (χ0v) is 21.2. The highest BCUT2D eigenvalue weighted by molar-refractivity contribution is 5.89. The second-order valence-corrected chi connectivity index (χ2v) is 8.64. The number of nitrogens with two attached hydrogens (primary N) is 2. The minimum absolute atomic E-state index is 0.472. The molecule has 0 fully saturated rings. The molecule has 3 heteroatoms. The Morgan fingerprint density at radius 1 is 0.811 bits per heavy atom. The molecule has 0 saturated heterocycles. The van der Waals surface area contributed by atoms with Gasteiger partial charge in [-0.2, -0.15) is 0 Å². The van der Waals surface area contributed by atoms with E-state index in [1.165, 1.54) is 0 Å². The third-order valence-corrected chi connectivity index (χ3v) is 6.21. The lowest BCUT2D eigenvalue weighted by molar-refractivity contribution is 1.07. The molecule has 184 valence electrons. The third kappa shape index (κ3) is 6.16. The quantitative estimate of drug-likeness (QED) is 0.187. The predicted octanol–water partition coefficient (Wildman–Crippen LogP) is 8.05. The molecule has 0 bridgehead atoms. The van der Waals surface area contributed by atoms with Crippen LogP contribution in [0.4, 0.5) is 11.4 Å². The SMILES string of the molecule is C=C(c1ccccc1-c1ccccc1CN)N(\C=C/C(=C\C=C\C)c1ccc(N)cc1)c1ccccc1. The molecular formula is C34H33N3. The Kier molecular flexibility index (Phi) is 8.53. The van der Waals surface area contributed by atoms with E-state index in [9.17, 15) is 0 Å². The van der Waals surface area contributed by atoms with Crippen molar-refractivity contribution in [2.75, 3.05) is 10.6 Å². The number of benzene rings is 4. The van der Waals surface area contributed by atoms with Gasteiger partial charge in [-0.05, 0) is 65.1 Å². The van der Waals surface area contributed by atoms with Crippen LogP contribution in [0.15, 0.2) is 140 Å². The molecule has 4 rings (SSSR count). The largest absolute Gasteiger partial charge is 0.399 e. The number of nitrogens with zero attached hydrogens (tertiary/aromatic N) is 1. The Hall–Kier alpha value is -4.60. The predicted molar refractivity (Wildman–Crippen MR) is 161 cm³/mol. The Morgan fingerprint density at radius 3 is 2.16 bits per heavy atom. The normalized spacial score (nSPS) is 11.8. The average molecular weight is 484 g/mol. The molecule has 0 saturated carbocycles. The van der Waals surface area contributed by atoms with Crippen molar-refractivity contribution < 1.29 is 0 Å². The Balaban J connectivity index is 1.80. The van der Waals surface area contributed by atoms with Gasteiger partial charge in [0.05, 0.1) is 0 Å². The summed E-state index contributed by atoms with van der Waals surface area (Å²) < 4.78 is 0. The molecule has 0 spiro atoms. The smallest absolute Gasteiger partial charge is 0.0462 e. The Morgan fingerprint density at radius 2 is 1.46 bits per heavy atom. The summed E-state index contributed by atoms with van der Waals surface area (Å²) in [5, 5.41) is 0. The lowest BCUT2D eigenvalue weighted by atomic mass is 9.93. The van der Waals surface area contributed by atoms with Crippen LogP contribution in [0.5, 0.6) is 0 Å². The van der Waals surface area contributed by atoms with Crippen molar-refractivity contribution in [1.82, 2.24) is 0 Å². The molecule has 0 heterocycles. The fourth-order valence-corrected chi connectivity index (χ4v) is 4.26. The highest BCUT2D eigenvalue weighted by Crippen LogP contribution is 2.34. The van der Waals surface area contributed by atoms with E-state index in [2.05, 4.69) is 72.3 Å². The standard InChI is InChI=1S/C34H33N3/c1-3-4-12-27(28-19-21-30(36)22-20-28)23-24-37(31-14-6-5-7-15-31)26(2)32-16-10-11-18-34(32)33-17-9-8-13-29(33)25-35/h3-24H,2,25,35-36H2,1H3/b4-3+,24-23-,27-12+. The van der Waals surface area contributed by atoms with E-state index in [0.717, 1.165) is 50.5 Å². The van der Waals surface area contributed by atoms with Crippen molar-refractivity contribution in [3.63, 3.8) is 0 Å². The zero-order chi connectivity index (χ0) is 26.0. The van der Waals surface area contributed by atoms with Crippen LogP contribution in [-0.4, -0.2) is 0 Å². The van der Waals surface area contributed by atoms with Crippen molar-refractivity contribution in [2.45, 2.75) is 13.5 Å². The van der Waals surface area contributed by atoms with Crippen LogP contribution >= 0.6 is 0 Å². The summed E-state index contributed by atoms with van der Waals surface area (Å²) in [5.41, 5.74) is 21.2. The van der Waals surface area contributed by atoms with Gasteiger partial charge in [-0.1, -0.05) is 104 Å². The number of para-hydroxylation sites is 1. The van der Waals surface area contributed by atoms with E-state index in [1.807, 2.05) is 79.7 Å². The number of nitrogen functional groups attached to an aromatic ring is 1. The minimum Gasteiger partial charge on any atom is -0.399 e. The van der Waals surface area contributed by atoms with Crippen molar-refractivity contribution in [1.29, 1.82) is 0 Å². The van der Waals surface area contributed by atoms with Gasteiger partial charge >= 0.3 is 0 Å². The number of anilines is 2. The maximum absolute atomic E-state index is 6.09. The maximum atomic E-state index is 6.09. The molecule has 0 aliphatic rings. The summed E-state index contributed by atoms with van der Waals surface area (Å²) in [6, 6.07) is 34.8. The van der Waals surface area contributed by atoms with Gasteiger partial charge in [0.1, 0.15) is 0 Å². The molecule has 0 atom stereocenters. The van der Waals surface area contributed by atoms with E-state index in [0.29, 0.717) is 6.54 Å². The van der Waals surface area contributed by atoms with Crippen LogP contribution in [0.3, 0.4) is 0 Å². The molecular weight excluding hydrogens is 450 g/mol. The van der Waals surface area contributed by atoms with Crippen LogP contribution in [0.1, 0.15) is 23.6 Å². The number of hydrogen-bond donors (Lipinski definition) is 2. The number of hydrogen-bond acceptors (Lipinski definition) is 3. The molecule has 0 aliphatic carbocycles. The molecule has 0 aliphatic heterocycles. The summed E-state index contributed by atoms with van der Waals surface area (Å²) in [7, 11) is 0. The maximum Gasteiger partial charge on any atom is 0.0462 e. The van der Waals surface area contributed by atoms with Gasteiger partial charge in [-0.3, -0.25) is 0 Å². The molecule has 0 radical (unpaired) electrons. The first-order chi connectivity index (χ1) is 18.1.